The minimum Gasteiger partial charge on any atom is -0.336 e. The van der Waals surface area contributed by atoms with Gasteiger partial charge in [-0.05, 0) is 45.0 Å². The van der Waals surface area contributed by atoms with Gasteiger partial charge >= 0.3 is 0 Å². The van der Waals surface area contributed by atoms with Gasteiger partial charge in [0.05, 0.1) is 30.2 Å². The monoisotopic (exact) mass is 382 g/mol. The van der Waals surface area contributed by atoms with E-state index in [-0.39, 0.29) is 17.7 Å². The Morgan fingerprint density at radius 1 is 1.32 bits per heavy atom. The van der Waals surface area contributed by atoms with Crippen molar-refractivity contribution in [2.45, 2.75) is 26.8 Å². The van der Waals surface area contributed by atoms with Crippen LogP contribution in [-0.4, -0.2) is 45.5 Å². The van der Waals surface area contributed by atoms with E-state index in [0.29, 0.717) is 29.0 Å². The number of pyridine rings is 1. The molecule has 0 aliphatic carbocycles. The third-order valence-electron chi connectivity index (χ3n) is 4.83. The minimum atomic E-state index is -0.392. The highest BCUT2D eigenvalue weighted by atomic mass is 19.1. The van der Waals surface area contributed by atoms with Crippen LogP contribution in [0.3, 0.4) is 0 Å². The molecule has 2 heterocycles. The molecule has 3 aromatic rings. The van der Waals surface area contributed by atoms with Gasteiger partial charge in [-0.2, -0.15) is 0 Å². The van der Waals surface area contributed by atoms with Crippen LogP contribution in [0.4, 0.5) is 10.1 Å². The Morgan fingerprint density at radius 3 is 2.71 bits per heavy atom. The molecule has 2 aromatic heterocycles. The van der Waals surface area contributed by atoms with Crippen molar-refractivity contribution in [2.75, 3.05) is 13.6 Å². The Morgan fingerprint density at radius 2 is 2.07 bits per heavy atom. The number of fused-ring (bicyclic) bond motifs is 1. The predicted molar refractivity (Wildman–Crippen MR) is 107 cm³/mol. The van der Waals surface area contributed by atoms with Gasteiger partial charge in [0.25, 0.3) is 5.91 Å². The third kappa shape index (κ3) is 3.53. The normalized spacial score (nSPS) is 11.2. The lowest BCUT2D eigenvalue weighted by Crippen LogP contribution is -2.73. The second-order valence-corrected chi connectivity index (χ2v) is 6.87. The van der Waals surface area contributed by atoms with E-state index in [1.54, 1.807) is 39.8 Å². The first-order chi connectivity index (χ1) is 13.4. The second kappa shape index (κ2) is 7.90. The van der Waals surface area contributed by atoms with Crippen molar-refractivity contribution in [3.05, 3.63) is 65.4 Å². The quantitative estimate of drug-likeness (QED) is 0.508. The number of quaternary nitrogens is 1. The van der Waals surface area contributed by atoms with E-state index in [9.17, 15) is 9.18 Å². The molecule has 0 unspecified atom stereocenters. The lowest BCUT2D eigenvalue weighted by atomic mass is 10.0. The number of amides is 1. The van der Waals surface area contributed by atoms with Crippen molar-refractivity contribution in [1.82, 2.24) is 14.3 Å². The molecule has 28 heavy (non-hydrogen) atoms. The number of benzene rings is 1. The molecular formula is C21H25FN5O+. The maximum absolute atomic E-state index is 13.7. The van der Waals surface area contributed by atoms with Gasteiger partial charge < -0.3 is 10.2 Å². The molecule has 3 rings (SSSR count). The molecule has 0 radical (unpaired) electrons. The summed E-state index contributed by atoms with van der Waals surface area (Å²) in [7, 11) is 1.87. The number of nitrogens with zero attached hydrogens (tertiary/aromatic N) is 3. The van der Waals surface area contributed by atoms with Gasteiger partial charge in [0.15, 0.2) is 0 Å². The van der Waals surface area contributed by atoms with Crippen LogP contribution in [-0.2, 0) is 0 Å². The zero-order valence-electron chi connectivity index (χ0n) is 16.5. The first-order valence-corrected chi connectivity index (χ1v) is 9.33. The average Bonchev–Trinajstić information content (AvgIpc) is 3.10. The summed E-state index contributed by atoms with van der Waals surface area (Å²) in [6.45, 7) is 6.57. The molecule has 3 N–H and O–H groups in total. The van der Waals surface area contributed by atoms with E-state index in [0.717, 1.165) is 5.69 Å². The molecule has 6 nitrogen and oxygen atoms in total. The molecule has 1 aromatic carbocycles. The van der Waals surface area contributed by atoms with E-state index < -0.39 is 5.82 Å². The summed E-state index contributed by atoms with van der Waals surface area (Å²) in [5.41, 5.74) is 3.32. The molecule has 0 spiro atoms. The topological polar surface area (TPSA) is 78.1 Å². The fourth-order valence-electron chi connectivity index (χ4n) is 3.35. The molecule has 146 valence electrons. The number of rotatable bonds is 6. The zero-order valence-corrected chi connectivity index (χ0v) is 16.5. The number of aromatic nitrogens is 2. The van der Waals surface area contributed by atoms with Crippen molar-refractivity contribution in [3.63, 3.8) is 0 Å². The van der Waals surface area contributed by atoms with Crippen LogP contribution in [0.25, 0.3) is 5.65 Å². The standard InChI is InChI=1S/C21H24FN5O/c1-5-26(13(2)3)21(28)14-6-8-16(17(10-14)24-4)20(23)18-11-25-19-9-7-15(22)12-27(18)19/h6-13,23-24H,5H2,1-4H3/p+1. The van der Waals surface area contributed by atoms with Gasteiger partial charge in [-0.1, -0.05) is 0 Å². The summed E-state index contributed by atoms with van der Waals surface area (Å²) in [5, 5.41) is 10.5. The first kappa shape index (κ1) is 19.7. The summed E-state index contributed by atoms with van der Waals surface area (Å²) in [6, 6.07) is 8.35. The van der Waals surface area contributed by atoms with Crippen LogP contribution < -0.4 is 5.32 Å². The number of carbonyl (C=O) groups is 1. The number of halogens is 1. The molecule has 0 fully saturated rings. The number of imidazole rings is 1. The Labute approximate surface area is 163 Å². The van der Waals surface area contributed by atoms with Crippen LogP contribution >= 0.6 is 0 Å². The fourth-order valence-corrected chi connectivity index (χ4v) is 3.35. The van der Waals surface area contributed by atoms with E-state index in [1.807, 2.05) is 33.1 Å². The second-order valence-electron chi connectivity index (χ2n) is 6.87. The Hall–Kier alpha value is -3.06. The van der Waals surface area contributed by atoms with Crippen molar-refractivity contribution in [2.24, 2.45) is 0 Å². The number of carbonyl (C=O) groups excluding carboxylic acids is 1. The summed E-state index contributed by atoms with van der Waals surface area (Å²) < 4.78 is 15.2. The number of hydrogen-bond donors (Lipinski definition) is 2. The van der Waals surface area contributed by atoms with Gasteiger partial charge in [0, 0.05) is 30.4 Å². The SMILES string of the molecule is CCN(C(=O)c1ccc(C(=N)c2cnc3ccc(F)cn23)c([NH2+]C)c1)C(C)C. The van der Waals surface area contributed by atoms with Gasteiger partial charge in [-0.3, -0.25) is 14.6 Å². The highest BCUT2D eigenvalue weighted by molar-refractivity contribution is 6.13. The molecule has 0 saturated heterocycles. The average molecular weight is 382 g/mol. The smallest absolute Gasteiger partial charge is 0.254 e. The summed E-state index contributed by atoms with van der Waals surface area (Å²) in [4.78, 5) is 18.9. The van der Waals surface area contributed by atoms with E-state index in [4.69, 9.17) is 5.41 Å². The Balaban J connectivity index is 2.01. The predicted octanol–water partition coefficient (Wildman–Crippen LogP) is 2.58. The molecule has 0 saturated carbocycles. The van der Waals surface area contributed by atoms with Gasteiger partial charge in [0.2, 0.25) is 0 Å². The fraction of sp³-hybridized carbons (Fsp3) is 0.286. The largest absolute Gasteiger partial charge is 0.336 e. The Bertz CT molecular complexity index is 1040. The zero-order chi connectivity index (χ0) is 20.4. The summed E-state index contributed by atoms with van der Waals surface area (Å²) in [5.74, 6) is -0.424. The lowest BCUT2D eigenvalue weighted by molar-refractivity contribution is -0.539. The lowest BCUT2D eigenvalue weighted by Gasteiger charge is -2.25. The number of nitrogens with one attached hydrogen (secondary N) is 1. The molecule has 1 amide bonds. The first-order valence-electron chi connectivity index (χ1n) is 9.33. The van der Waals surface area contributed by atoms with Crippen LogP contribution in [0.15, 0.2) is 42.7 Å². The van der Waals surface area contributed by atoms with Gasteiger partial charge in [-0.25, -0.2) is 9.37 Å². The maximum Gasteiger partial charge on any atom is 0.254 e. The number of hydrogen-bond acceptors (Lipinski definition) is 3. The van der Waals surface area contributed by atoms with Gasteiger partial charge in [0.1, 0.15) is 17.2 Å². The van der Waals surface area contributed by atoms with Crippen molar-refractivity contribution >= 4 is 23.0 Å². The van der Waals surface area contributed by atoms with E-state index in [1.165, 1.54) is 12.3 Å². The van der Waals surface area contributed by atoms with E-state index >= 15 is 0 Å². The third-order valence-corrected chi connectivity index (χ3v) is 4.83. The van der Waals surface area contributed by atoms with Crippen LogP contribution in [0.5, 0.6) is 0 Å². The van der Waals surface area contributed by atoms with Crippen LogP contribution in [0, 0.1) is 11.2 Å². The minimum absolute atomic E-state index is 0.0319. The molecular weight excluding hydrogens is 357 g/mol. The maximum atomic E-state index is 13.7. The van der Waals surface area contributed by atoms with E-state index in [2.05, 4.69) is 4.98 Å². The molecule has 7 heteroatoms. The van der Waals surface area contributed by atoms with Crippen molar-refractivity contribution in [3.8, 4) is 0 Å². The highest BCUT2D eigenvalue weighted by Crippen LogP contribution is 2.20. The van der Waals surface area contributed by atoms with Crippen LogP contribution in [0.2, 0.25) is 0 Å². The highest BCUT2D eigenvalue weighted by Gasteiger charge is 2.21. The molecule has 0 aliphatic rings. The van der Waals surface area contributed by atoms with Gasteiger partial charge in [-0.15, -0.1) is 0 Å². The molecule has 0 aliphatic heterocycles. The summed E-state index contributed by atoms with van der Waals surface area (Å²) in [6.07, 6.45) is 2.88. The van der Waals surface area contributed by atoms with Crippen molar-refractivity contribution < 1.29 is 14.5 Å². The summed E-state index contributed by atoms with van der Waals surface area (Å²) >= 11 is 0. The Kier molecular flexibility index (Phi) is 5.56. The van der Waals surface area contributed by atoms with Crippen molar-refractivity contribution in [1.29, 1.82) is 5.41 Å². The molecule has 0 bridgehead atoms. The van der Waals surface area contributed by atoms with Crippen LogP contribution in [0.1, 0.15) is 42.4 Å². The molecule has 0 atom stereocenters. The number of nitrogens with two attached hydrogens (primary N) is 1.